The van der Waals surface area contributed by atoms with Crippen LogP contribution in [0, 0.1) is 13.8 Å². The minimum atomic E-state index is -3.07. The predicted molar refractivity (Wildman–Crippen MR) is 96.8 cm³/mol. The molecule has 2 aromatic carbocycles. The molecule has 0 saturated heterocycles. The lowest BCUT2D eigenvalue weighted by molar-refractivity contribution is 0.0940. The fraction of sp³-hybridized carbons (Fsp3) is 0.316. The summed E-state index contributed by atoms with van der Waals surface area (Å²) in [5.74, 6) is -0.192. The van der Waals surface area contributed by atoms with Gasteiger partial charge in [0.2, 0.25) is 0 Å². The summed E-state index contributed by atoms with van der Waals surface area (Å²) in [4.78, 5) is 12.4. The molecule has 1 N–H and O–H groups in total. The van der Waals surface area contributed by atoms with Crippen LogP contribution >= 0.6 is 0 Å². The Morgan fingerprint density at radius 1 is 1.08 bits per heavy atom. The molecular formula is C19H23NO3S. The summed E-state index contributed by atoms with van der Waals surface area (Å²) in [6.07, 6.45) is 1.19. The highest BCUT2D eigenvalue weighted by molar-refractivity contribution is 7.89. The molecule has 0 aromatic heterocycles. The maximum atomic E-state index is 12.4. The second-order valence-electron chi connectivity index (χ2n) is 6.32. The van der Waals surface area contributed by atoms with Crippen molar-refractivity contribution in [3.8, 4) is 0 Å². The van der Waals surface area contributed by atoms with Crippen molar-refractivity contribution in [3.05, 3.63) is 70.3 Å². The van der Waals surface area contributed by atoms with Gasteiger partial charge in [-0.05, 0) is 49.6 Å². The lowest BCUT2D eigenvalue weighted by atomic mass is 9.99. The zero-order valence-corrected chi connectivity index (χ0v) is 15.3. The summed E-state index contributed by atoms with van der Waals surface area (Å²) >= 11 is 0. The first kappa shape index (κ1) is 18.2. The molecule has 0 aliphatic carbocycles. The fourth-order valence-electron chi connectivity index (χ4n) is 2.64. The predicted octanol–water partition coefficient (Wildman–Crippen LogP) is 3.34. The van der Waals surface area contributed by atoms with Crippen LogP contribution in [0.5, 0.6) is 0 Å². The molecule has 0 unspecified atom stereocenters. The molecule has 0 aliphatic heterocycles. The van der Waals surface area contributed by atoms with Gasteiger partial charge >= 0.3 is 0 Å². The van der Waals surface area contributed by atoms with Crippen LogP contribution in [0.2, 0.25) is 0 Å². The first-order chi connectivity index (χ1) is 11.2. The lowest BCUT2D eigenvalue weighted by Crippen LogP contribution is -2.27. The largest absolute Gasteiger partial charge is 0.346 e. The number of hydrogen-bond acceptors (Lipinski definition) is 3. The second-order valence-corrected chi connectivity index (χ2v) is 8.46. The minimum Gasteiger partial charge on any atom is -0.346 e. The number of nitrogens with one attached hydrogen (secondary N) is 1. The number of amides is 1. The van der Waals surface area contributed by atoms with E-state index in [4.69, 9.17) is 0 Å². The van der Waals surface area contributed by atoms with E-state index in [1.54, 1.807) is 24.3 Å². The SMILES string of the molecule is Cc1ccc(C)c([C@H](C)NC(=O)c2ccc(CS(C)(=O)=O)cc2)c1. The Morgan fingerprint density at radius 2 is 1.71 bits per heavy atom. The standard InChI is InChI=1S/C19H23NO3S/c1-13-5-6-14(2)18(11-13)15(3)20-19(21)17-9-7-16(8-10-17)12-24(4,22)23/h5-11,15H,12H2,1-4H3,(H,20,21)/t15-/m0/s1. The highest BCUT2D eigenvalue weighted by Crippen LogP contribution is 2.19. The Hall–Kier alpha value is -2.14. The van der Waals surface area contributed by atoms with Crippen LogP contribution < -0.4 is 5.32 Å². The minimum absolute atomic E-state index is 0.0201. The van der Waals surface area contributed by atoms with E-state index in [-0.39, 0.29) is 17.7 Å². The van der Waals surface area contributed by atoms with Gasteiger partial charge in [-0.2, -0.15) is 0 Å². The van der Waals surface area contributed by atoms with Crippen LogP contribution in [0.15, 0.2) is 42.5 Å². The smallest absolute Gasteiger partial charge is 0.251 e. The van der Waals surface area contributed by atoms with Gasteiger partial charge in [0.15, 0.2) is 9.84 Å². The Labute approximate surface area is 143 Å². The van der Waals surface area contributed by atoms with E-state index in [9.17, 15) is 13.2 Å². The first-order valence-electron chi connectivity index (χ1n) is 7.80. The number of sulfone groups is 1. The van der Waals surface area contributed by atoms with E-state index in [1.165, 1.54) is 6.26 Å². The highest BCUT2D eigenvalue weighted by Gasteiger charge is 2.14. The van der Waals surface area contributed by atoms with Crippen LogP contribution in [0.4, 0.5) is 0 Å². The van der Waals surface area contributed by atoms with Crippen molar-refractivity contribution in [2.24, 2.45) is 0 Å². The molecule has 1 amide bonds. The molecule has 24 heavy (non-hydrogen) atoms. The van der Waals surface area contributed by atoms with Crippen molar-refractivity contribution in [2.75, 3.05) is 6.26 Å². The highest BCUT2D eigenvalue weighted by atomic mass is 32.2. The number of rotatable bonds is 5. The quantitative estimate of drug-likeness (QED) is 0.904. The molecule has 0 aliphatic rings. The molecule has 128 valence electrons. The first-order valence-corrected chi connectivity index (χ1v) is 9.86. The van der Waals surface area contributed by atoms with Gasteiger partial charge < -0.3 is 5.32 Å². The Morgan fingerprint density at radius 3 is 2.29 bits per heavy atom. The molecule has 5 heteroatoms. The van der Waals surface area contributed by atoms with Crippen molar-refractivity contribution in [2.45, 2.75) is 32.6 Å². The maximum Gasteiger partial charge on any atom is 0.251 e. The Bertz CT molecular complexity index is 839. The summed E-state index contributed by atoms with van der Waals surface area (Å²) in [7, 11) is -3.07. The molecular weight excluding hydrogens is 322 g/mol. The van der Waals surface area contributed by atoms with Crippen LogP contribution in [0.1, 0.15) is 45.6 Å². The van der Waals surface area contributed by atoms with Gasteiger partial charge in [-0.25, -0.2) is 8.42 Å². The van der Waals surface area contributed by atoms with Gasteiger partial charge in [-0.3, -0.25) is 4.79 Å². The normalized spacial score (nSPS) is 12.7. The molecule has 0 radical (unpaired) electrons. The zero-order valence-electron chi connectivity index (χ0n) is 14.5. The average Bonchev–Trinajstić information content (AvgIpc) is 2.48. The number of carbonyl (C=O) groups is 1. The van der Waals surface area contributed by atoms with Gasteiger partial charge in [0.25, 0.3) is 5.91 Å². The maximum absolute atomic E-state index is 12.4. The zero-order chi connectivity index (χ0) is 17.9. The molecule has 2 aromatic rings. The van der Waals surface area contributed by atoms with Crippen molar-refractivity contribution >= 4 is 15.7 Å². The van der Waals surface area contributed by atoms with Crippen LogP contribution in [-0.4, -0.2) is 20.6 Å². The van der Waals surface area contributed by atoms with E-state index < -0.39 is 9.84 Å². The Kier molecular flexibility index (Phi) is 5.44. The summed E-state index contributed by atoms with van der Waals surface area (Å²) in [6.45, 7) is 6.01. The second kappa shape index (κ2) is 7.18. The molecule has 0 heterocycles. The monoisotopic (exact) mass is 345 g/mol. The van der Waals surface area contributed by atoms with Crippen LogP contribution in [-0.2, 0) is 15.6 Å². The molecule has 0 fully saturated rings. The molecule has 4 nitrogen and oxygen atoms in total. The van der Waals surface area contributed by atoms with Crippen LogP contribution in [0.25, 0.3) is 0 Å². The summed E-state index contributed by atoms with van der Waals surface area (Å²) in [5.41, 5.74) is 4.58. The van der Waals surface area contributed by atoms with Crippen LogP contribution in [0.3, 0.4) is 0 Å². The van der Waals surface area contributed by atoms with E-state index in [1.807, 2.05) is 32.9 Å². The lowest BCUT2D eigenvalue weighted by Gasteiger charge is -2.17. The Balaban J connectivity index is 2.10. The van der Waals surface area contributed by atoms with Crippen molar-refractivity contribution in [1.29, 1.82) is 0 Å². The van der Waals surface area contributed by atoms with Crippen molar-refractivity contribution in [1.82, 2.24) is 5.32 Å². The number of hydrogen-bond donors (Lipinski definition) is 1. The molecule has 0 spiro atoms. The third-order valence-corrected chi connectivity index (χ3v) is 4.75. The van der Waals surface area contributed by atoms with Gasteiger partial charge in [-0.15, -0.1) is 0 Å². The van der Waals surface area contributed by atoms with Gasteiger partial charge in [0.1, 0.15) is 0 Å². The van der Waals surface area contributed by atoms with Crippen molar-refractivity contribution < 1.29 is 13.2 Å². The van der Waals surface area contributed by atoms with E-state index in [0.29, 0.717) is 11.1 Å². The van der Waals surface area contributed by atoms with Crippen molar-refractivity contribution in [3.63, 3.8) is 0 Å². The molecule has 0 saturated carbocycles. The van der Waals surface area contributed by atoms with Gasteiger partial charge in [-0.1, -0.05) is 35.9 Å². The van der Waals surface area contributed by atoms with Gasteiger partial charge in [0.05, 0.1) is 11.8 Å². The summed E-state index contributed by atoms with van der Waals surface area (Å²) in [5, 5.41) is 2.99. The number of aryl methyl sites for hydroxylation is 2. The summed E-state index contributed by atoms with van der Waals surface area (Å²) < 4.78 is 22.6. The van der Waals surface area contributed by atoms with E-state index in [2.05, 4.69) is 11.4 Å². The number of carbonyl (C=O) groups excluding carboxylic acids is 1. The third kappa shape index (κ3) is 4.93. The van der Waals surface area contributed by atoms with E-state index in [0.717, 1.165) is 16.7 Å². The summed E-state index contributed by atoms with van der Waals surface area (Å²) in [6, 6.07) is 12.7. The molecule has 2 rings (SSSR count). The topological polar surface area (TPSA) is 63.2 Å². The van der Waals surface area contributed by atoms with Gasteiger partial charge in [0, 0.05) is 11.8 Å². The molecule has 0 bridgehead atoms. The fourth-order valence-corrected chi connectivity index (χ4v) is 3.44. The van der Waals surface area contributed by atoms with E-state index >= 15 is 0 Å². The average molecular weight is 345 g/mol. The molecule has 1 atom stereocenters. The third-order valence-electron chi connectivity index (χ3n) is 3.89. The number of benzene rings is 2.